The largest absolute Gasteiger partial charge is 0.459 e. The first-order chi connectivity index (χ1) is 30.5. The van der Waals surface area contributed by atoms with Gasteiger partial charge in [0, 0.05) is 49.7 Å². The Labute approximate surface area is 387 Å². The monoisotopic (exact) mass is 916 g/mol. The highest BCUT2D eigenvalue weighted by molar-refractivity contribution is 5.80. The maximum absolute atomic E-state index is 14.6. The summed E-state index contributed by atoms with van der Waals surface area (Å²) in [5, 5.41) is 47.9. The zero-order chi connectivity index (χ0) is 48.2. The standard InChI is InChI=1S/C50H81N3O12/c1-15-39-50(10,58)43(55)33(6)53(13)28-29(2)25-49(9,60-22-18-19-35-24-36-20-16-17-21-37(36)51-27-35)45(65-47-41(54)38(52(11)12)23-30(3)61-47)31(4)42(32(5)46(57)63-39)64-40-26-48(8,59-14)44(56)34(7)62-40/h16-21,24,27,29-34,38-45,47,54-56,58H,15,22-23,25-26,28H2,1-14H3/t29-,30-,31+,32-,33-,34+,38+,39-,40+,41-,42+,43-,44+,45-,47+,48?,49-,50-/m1/s1. The van der Waals surface area contributed by atoms with Gasteiger partial charge >= 0.3 is 5.97 Å². The number of para-hydroxylation sites is 1. The lowest BCUT2D eigenvalue weighted by molar-refractivity contribution is -0.320. The molecule has 3 saturated heterocycles. The topological polar surface area (TPSA) is 182 Å². The van der Waals surface area contributed by atoms with Crippen molar-refractivity contribution in [1.82, 2.24) is 14.8 Å². The lowest BCUT2D eigenvalue weighted by atomic mass is 9.77. The molecule has 368 valence electrons. The van der Waals surface area contributed by atoms with E-state index < -0.39 is 96.0 Å². The van der Waals surface area contributed by atoms with Gasteiger partial charge in [0.25, 0.3) is 0 Å². The van der Waals surface area contributed by atoms with Gasteiger partial charge < -0.3 is 63.4 Å². The van der Waals surface area contributed by atoms with Crippen molar-refractivity contribution in [3.05, 3.63) is 48.2 Å². The first-order valence-corrected chi connectivity index (χ1v) is 23.6. The zero-order valence-electron chi connectivity index (χ0n) is 41.4. The first-order valence-electron chi connectivity index (χ1n) is 23.6. The molecule has 5 rings (SSSR count). The summed E-state index contributed by atoms with van der Waals surface area (Å²) >= 11 is 0. The van der Waals surface area contributed by atoms with E-state index in [9.17, 15) is 25.2 Å². The molecule has 4 N–H and O–H groups in total. The molecule has 1 unspecified atom stereocenters. The van der Waals surface area contributed by atoms with Gasteiger partial charge in [-0.2, -0.15) is 0 Å². The average Bonchev–Trinajstić information content (AvgIpc) is 3.26. The average molecular weight is 916 g/mol. The quantitative estimate of drug-likeness (QED) is 0.216. The van der Waals surface area contributed by atoms with E-state index in [1.807, 2.05) is 101 Å². The minimum atomic E-state index is -1.81. The van der Waals surface area contributed by atoms with Crippen molar-refractivity contribution in [3.63, 3.8) is 0 Å². The number of likely N-dealkylation sites (N-methyl/N-ethyl adjacent to an activating group) is 2. The Balaban J connectivity index is 1.65. The van der Waals surface area contributed by atoms with Crippen LogP contribution in [0.5, 0.6) is 0 Å². The maximum atomic E-state index is 14.6. The third-order valence-corrected chi connectivity index (χ3v) is 14.6. The van der Waals surface area contributed by atoms with Gasteiger partial charge in [-0.15, -0.1) is 0 Å². The van der Waals surface area contributed by atoms with E-state index in [1.165, 1.54) is 14.0 Å². The minimum absolute atomic E-state index is 0.0876. The van der Waals surface area contributed by atoms with Crippen molar-refractivity contribution in [2.45, 2.75) is 185 Å². The van der Waals surface area contributed by atoms with E-state index in [0.717, 1.165) is 16.5 Å². The molecule has 0 amide bonds. The van der Waals surface area contributed by atoms with E-state index in [-0.39, 0.29) is 37.5 Å². The van der Waals surface area contributed by atoms with Crippen molar-refractivity contribution in [2.24, 2.45) is 17.8 Å². The van der Waals surface area contributed by atoms with Gasteiger partial charge in [0.15, 0.2) is 12.6 Å². The van der Waals surface area contributed by atoms with Crippen LogP contribution >= 0.6 is 0 Å². The van der Waals surface area contributed by atoms with Crippen LogP contribution in [0.2, 0.25) is 0 Å². The number of methoxy groups -OCH3 is 1. The van der Waals surface area contributed by atoms with E-state index >= 15 is 0 Å². The molecule has 3 aliphatic heterocycles. The van der Waals surface area contributed by atoms with Gasteiger partial charge in [-0.1, -0.05) is 51.1 Å². The van der Waals surface area contributed by atoms with E-state index in [2.05, 4.69) is 18.0 Å². The fourth-order valence-corrected chi connectivity index (χ4v) is 10.5. The van der Waals surface area contributed by atoms with Crippen LogP contribution in [0.15, 0.2) is 42.6 Å². The summed E-state index contributed by atoms with van der Waals surface area (Å²) in [6.45, 7) is 19.1. The fourth-order valence-electron chi connectivity index (χ4n) is 10.5. The number of carbonyl (C=O) groups is 1. The molecule has 15 nitrogen and oxygen atoms in total. The van der Waals surface area contributed by atoms with E-state index in [4.69, 9.17) is 33.2 Å². The first kappa shape index (κ1) is 53.3. The molecule has 3 aliphatic rings. The second kappa shape index (κ2) is 22.2. The third-order valence-electron chi connectivity index (χ3n) is 14.6. The fraction of sp³-hybridized carbons (Fsp3) is 0.760. The number of fused-ring (bicyclic) bond motifs is 1. The lowest BCUT2D eigenvalue weighted by Gasteiger charge is -2.50. The number of pyridine rings is 1. The number of cyclic esters (lactones) is 1. The number of nitrogens with zero attached hydrogens (tertiary/aromatic N) is 3. The number of rotatable bonds is 11. The summed E-state index contributed by atoms with van der Waals surface area (Å²) in [7, 11) is 7.27. The van der Waals surface area contributed by atoms with Gasteiger partial charge in [0.05, 0.1) is 53.7 Å². The molecule has 65 heavy (non-hydrogen) atoms. The Hall–Kier alpha value is -2.64. The van der Waals surface area contributed by atoms with Crippen LogP contribution in [0, 0.1) is 17.8 Å². The predicted molar refractivity (Wildman–Crippen MR) is 249 cm³/mol. The molecular formula is C50H81N3O12. The molecule has 2 aromatic rings. The second-order valence-corrected chi connectivity index (χ2v) is 20.3. The SMILES string of the molecule is CC[C@H]1OC(=O)[C@H](C)[C@@H](O[C@H]2CC(C)(OC)[C@@H](O)[C@H](C)O2)[C@H](C)[C@@H](O[C@@H]2O[C@H](C)C[C@H](N(C)C)[C@H]2O)[C@](C)(OCC=Cc2cnc3ccccc3c2)C[C@@H](C)CN(C)[C@H](C)[C@@H](O)[C@]1(C)O. The van der Waals surface area contributed by atoms with Crippen molar-refractivity contribution >= 4 is 22.9 Å². The normalized spacial score (nSPS) is 42.2. The number of benzene rings is 1. The Kier molecular flexibility index (Phi) is 18.2. The Morgan fingerprint density at radius 3 is 2.32 bits per heavy atom. The van der Waals surface area contributed by atoms with Crippen molar-refractivity contribution in [2.75, 3.05) is 41.4 Å². The smallest absolute Gasteiger partial charge is 0.311 e. The van der Waals surface area contributed by atoms with Crippen molar-refractivity contribution < 1.29 is 58.4 Å². The molecule has 1 aromatic heterocycles. The highest BCUT2D eigenvalue weighted by Gasteiger charge is 2.53. The Morgan fingerprint density at radius 1 is 0.969 bits per heavy atom. The highest BCUT2D eigenvalue weighted by atomic mass is 16.7. The Bertz CT molecular complexity index is 1870. The molecule has 0 spiro atoms. The number of aliphatic hydroxyl groups excluding tert-OH is 3. The number of carbonyl (C=O) groups excluding carboxylic acids is 1. The van der Waals surface area contributed by atoms with E-state index in [1.54, 1.807) is 27.7 Å². The van der Waals surface area contributed by atoms with Gasteiger partial charge in [0.1, 0.15) is 30.0 Å². The number of ether oxygens (including phenoxy) is 7. The molecule has 0 radical (unpaired) electrons. The number of aromatic nitrogens is 1. The summed E-state index contributed by atoms with van der Waals surface area (Å²) < 4.78 is 46.0. The summed E-state index contributed by atoms with van der Waals surface area (Å²) in [6.07, 6.45) is -2.12. The van der Waals surface area contributed by atoms with Crippen LogP contribution < -0.4 is 0 Å². The molecule has 1 aromatic carbocycles. The number of aliphatic hydroxyl groups is 4. The van der Waals surface area contributed by atoms with Gasteiger partial charge in [-0.3, -0.25) is 9.78 Å². The van der Waals surface area contributed by atoms with Crippen LogP contribution in [0.1, 0.15) is 100 Å². The molecule has 0 aliphatic carbocycles. The maximum Gasteiger partial charge on any atom is 0.311 e. The van der Waals surface area contributed by atoms with Crippen molar-refractivity contribution in [3.8, 4) is 0 Å². The summed E-state index contributed by atoms with van der Waals surface area (Å²) in [4.78, 5) is 23.2. The minimum Gasteiger partial charge on any atom is -0.459 e. The molecule has 3 fully saturated rings. The Morgan fingerprint density at radius 2 is 1.66 bits per heavy atom. The summed E-state index contributed by atoms with van der Waals surface area (Å²) in [5.41, 5.74) is -2.19. The number of esters is 1. The van der Waals surface area contributed by atoms with E-state index in [0.29, 0.717) is 19.4 Å². The molecule has 15 heteroatoms. The summed E-state index contributed by atoms with van der Waals surface area (Å²) in [5.74, 6) is -2.44. The predicted octanol–water partition coefficient (Wildman–Crippen LogP) is 5.19. The third kappa shape index (κ3) is 12.3. The molecule has 0 saturated carbocycles. The van der Waals surface area contributed by atoms with Crippen LogP contribution in [0.3, 0.4) is 0 Å². The molecule has 0 bridgehead atoms. The molecule has 4 heterocycles. The lowest BCUT2D eigenvalue weighted by Crippen LogP contribution is -2.61. The highest BCUT2D eigenvalue weighted by Crippen LogP contribution is 2.41. The molecular weight excluding hydrogens is 835 g/mol. The number of hydrogen-bond donors (Lipinski definition) is 4. The van der Waals surface area contributed by atoms with Crippen LogP contribution in [0.4, 0.5) is 0 Å². The zero-order valence-corrected chi connectivity index (χ0v) is 41.4. The van der Waals surface area contributed by atoms with Gasteiger partial charge in [-0.25, -0.2) is 0 Å². The van der Waals surface area contributed by atoms with Gasteiger partial charge in [-0.05, 0) is 112 Å². The number of hydrogen-bond acceptors (Lipinski definition) is 15. The van der Waals surface area contributed by atoms with Crippen LogP contribution in [-0.4, -0.2) is 173 Å². The van der Waals surface area contributed by atoms with Gasteiger partial charge in [0.2, 0.25) is 0 Å². The summed E-state index contributed by atoms with van der Waals surface area (Å²) in [6, 6.07) is 9.19. The van der Waals surface area contributed by atoms with Crippen molar-refractivity contribution in [1.29, 1.82) is 0 Å². The molecule has 18 atom stereocenters. The van der Waals surface area contributed by atoms with Crippen LogP contribution in [0.25, 0.3) is 17.0 Å². The second-order valence-electron chi connectivity index (χ2n) is 20.3. The van der Waals surface area contributed by atoms with Crippen LogP contribution in [-0.2, 0) is 38.0 Å².